The van der Waals surface area contributed by atoms with Crippen LogP contribution in [0.3, 0.4) is 0 Å². The normalized spacial score (nSPS) is 13.2. The Bertz CT molecular complexity index is 669. The van der Waals surface area contributed by atoms with Gasteiger partial charge in [-0.25, -0.2) is 9.18 Å². The topological polar surface area (TPSA) is 55.8 Å². The highest BCUT2D eigenvalue weighted by molar-refractivity contribution is 5.78. The summed E-state index contributed by atoms with van der Waals surface area (Å²) >= 11 is 0. The van der Waals surface area contributed by atoms with Gasteiger partial charge in [-0.3, -0.25) is 0 Å². The number of aliphatic carboxylic acids is 1. The number of carboxylic acid groups (broad SMARTS) is 1. The van der Waals surface area contributed by atoms with E-state index < -0.39 is 17.4 Å². The minimum Gasteiger partial charge on any atom is -0.494 e. The molecule has 0 aliphatic carbocycles. The third-order valence-electron chi connectivity index (χ3n) is 3.40. The summed E-state index contributed by atoms with van der Waals surface area (Å²) in [7, 11) is 0. The zero-order chi connectivity index (χ0) is 16.9. The first-order valence-electron chi connectivity index (χ1n) is 7.33. The molecular formula is C18H19FO4. The lowest BCUT2D eigenvalue weighted by molar-refractivity contribution is -0.153. The second-order valence-corrected chi connectivity index (χ2v) is 5.32. The van der Waals surface area contributed by atoms with Gasteiger partial charge in [0.2, 0.25) is 5.60 Å². The molecule has 0 aromatic heterocycles. The van der Waals surface area contributed by atoms with Crippen molar-refractivity contribution in [1.82, 2.24) is 0 Å². The SMILES string of the molecule is CCOc1ccc(C[C@](C)(Oc2ccccc2F)C(=O)O)cc1. The van der Waals surface area contributed by atoms with E-state index in [1.165, 1.54) is 25.1 Å². The molecular weight excluding hydrogens is 299 g/mol. The van der Waals surface area contributed by atoms with Crippen LogP contribution in [0.25, 0.3) is 0 Å². The highest BCUT2D eigenvalue weighted by atomic mass is 19.1. The third kappa shape index (κ3) is 4.22. The van der Waals surface area contributed by atoms with Crippen molar-refractivity contribution in [2.45, 2.75) is 25.9 Å². The van der Waals surface area contributed by atoms with Crippen LogP contribution >= 0.6 is 0 Å². The number of carbonyl (C=O) groups is 1. The van der Waals surface area contributed by atoms with Gasteiger partial charge in [-0.1, -0.05) is 24.3 Å². The van der Waals surface area contributed by atoms with Crippen molar-refractivity contribution in [3.05, 3.63) is 59.9 Å². The Hall–Kier alpha value is -2.56. The zero-order valence-corrected chi connectivity index (χ0v) is 13.1. The first kappa shape index (κ1) is 16.8. The van der Waals surface area contributed by atoms with Gasteiger partial charge < -0.3 is 14.6 Å². The van der Waals surface area contributed by atoms with Gasteiger partial charge in [-0.2, -0.15) is 0 Å². The van der Waals surface area contributed by atoms with Crippen molar-refractivity contribution in [2.24, 2.45) is 0 Å². The van der Waals surface area contributed by atoms with Gasteiger partial charge in [-0.05, 0) is 43.7 Å². The van der Waals surface area contributed by atoms with E-state index >= 15 is 0 Å². The van der Waals surface area contributed by atoms with E-state index in [1.807, 2.05) is 6.92 Å². The number of hydrogen-bond acceptors (Lipinski definition) is 3. The fraction of sp³-hybridized carbons (Fsp3) is 0.278. The van der Waals surface area contributed by atoms with E-state index in [-0.39, 0.29) is 12.2 Å². The first-order valence-corrected chi connectivity index (χ1v) is 7.33. The van der Waals surface area contributed by atoms with E-state index in [1.54, 1.807) is 30.3 Å². The summed E-state index contributed by atoms with van der Waals surface area (Å²) in [6.45, 7) is 3.87. The van der Waals surface area contributed by atoms with Crippen LogP contribution in [0.1, 0.15) is 19.4 Å². The molecule has 0 heterocycles. The standard InChI is InChI=1S/C18H19FO4/c1-3-22-14-10-8-13(9-11-14)12-18(2,17(20)21)23-16-7-5-4-6-15(16)19/h4-11H,3,12H2,1-2H3,(H,20,21)/t18-/m0/s1. The Morgan fingerprint density at radius 1 is 1.17 bits per heavy atom. The Morgan fingerprint density at radius 3 is 2.39 bits per heavy atom. The average molecular weight is 318 g/mol. The molecule has 0 radical (unpaired) electrons. The second kappa shape index (κ2) is 7.13. The molecule has 0 saturated heterocycles. The molecule has 0 aliphatic rings. The lowest BCUT2D eigenvalue weighted by Crippen LogP contribution is -2.43. The molecule has 1 N–H and O–H groups in total. The summed E-state index contributed by atoms with van der Waals surface area (Å²) in [6.07, 6.45) is 0.100. The van der Waals surface area contributed by atoms with Gasteiger partial charge in [0.25, 0.3) is 0 Å². The largest absolute Gasteiger partial charge is 0.494 e. The number of ether oxygens (including phenoxy) is 2. The molecule has 4 nitrogen and oxygen atoms in total. The van der Waals surface area contributed by atoms with Gasteiger partial charge in [0.05, 0.1) is 6.61 Å². The maximum absolute atomic E-state index is 13.7. The van der Waals surface area contributed by atoms with E-state index in [0.29, 0.717) is 12.4 Å². The van der Waals surface area contributed by atoms with Crippen LogP contribution in [0.15, 0.2) is 48.5 Å². The van der Waals surface area contributed by atoms with Crippen LogP contribution in [0.4, 0.5) is 4.39 Å². The van der Waals surface area contributed by atoms with Crippen LogP contribution in [-0.4, -0.2) is 23.3 Å². The Morgan fingerprint density at radius 2 is 1.83 bits per heavy atom. The van der Waals surface area contributed by atoms with Gasteiger partial charge in [-0.15, -0.1) is 0 Å². The minimum atomic E-state index is -1.57. The summed E-state index contributed by atoms with van der Waals surface area (Å²) in [5, 5.41) is 9.51. The van der Waals surface area contributed by atoms with E-state index in [2.05, 4.69) is 0 Å². The van der Waals surface area contributed by atoms with E-state index in [4.69, 9.17) is 9.47 Å². The summed E-state index contributed by atoms with van der Waals surface area (Å²) < 4.78 is 24.5. The lowest BCUT2D eigenvalue weighted by atomic mass is 9.96. The average Bonchev–Trinajstić information content (AvgIpc) is 2.52. The van der Waals surface area contributed by atoms with Crippen LogP contribution in [0.5, 0.6) is 11.5 Å². The van der Waals surface area contributed by atoms with Crippen molar-refractivity contribution >= 4 is 5.97 Å². The van der Waals surface area contributed by atoms with Crippen LogP contribution in [-0.2, 0) is 11.2 Å². The van der Waals surface area contributed by atoms with Crippen LogP contribution in [0, 0.1) is 5.82 Å². The van der Waals surface area contributed by atoms with Crippen molar-refractivity contribution in [3.63, 3.8) is 0 Å². The van der Waals surface area contributed by atoms with Gasteiger partial charge in [0, 0.05) is 6.42 Å². The highest BCUT2D eigenvalue weighted by Gasteiger charge is 2.36. The molecule has 2 aromatic rings. The molecule has 1 atom stereocenters. The third-order valence-corrected chi connectivity index (χ3v) is 3.40. The monoisotopic (exact) mass is 318 g/mol. The van der Waals surface area contributed by atoms with E-state index in [9.17, 15) is 14.3 Å². The van der Waals surface area contributed by atoms with Crippen LogP contribution < -0.4 is 9.47 Å². The molecule has 2 aromatic carbocycles. The van der Waals surface area contributed by atoms with Crippen molar-refractivity contribution in [3.8, 4) is 11.5 Å². The predicted octanol–water partition coefficient (Wildman–Crippen LogP) is 3.69. The molecule has 2 rings (SSSR count). The molecule has 23 heavy (non-hydrogen) atoms. The van der Waals surface area contributed by atoms with Crippen molar-refractivity contribution in [2.75, 3.05) is 6.61 Å². The molecule has 0 fully saturated rings. The summed E-state index contributed by atoms with van der Waals surface area (Å²) in [5.41, 5.74) is -0.815. The molecule has 0 unspecified atom stereocenters. The highest BCUT2D eigenvalue weighted by Crippen LogP contribution is 2.26. The van der Waals surface area contributed by atoms with Gasteiger partial charge in [0.1, 0.15) is 5.75 Å². The zero-order valence-electron chi connectivity index (χ0n) is 13.1. The summed E-state index contributed by atoms with van der Waals surface area (Å²) in [4.78, 5) is 11.6. The second-order valence-electron chi connectivity index (χ2n) is 5.32. The maximum atomic E-state index is 13.7. The number of benzene rings is 2. The van der Waals surface area contributed by atoms with Crippen molar-refractivity contribution in [1.29, 1.82) is 0 Å². The molecule has 0 bridgehead atoms. The van der Waals surface area contributed by atoms with Crippen LogP contribution in [0.2, 0.25) is 0 Å². The van der Waals surface area contributed by atoms with Gasteiger partial charge >= 0.3 is 5.97 Å². The fourth-order valence-electron chi connectivity index (χ4n) is 2.19. The Balaban J connectivity index is 2.20. The Labute approximate surface area is 134 Å². The number of rotatable bonds is 7. The first-order chi connectivity index (χ1) is 10.9. The maximum Gasteiger partial charge on any atom is 0.348 e. The quantitative estimate of drug-likeness (QED) is 0.846. The summed E-state index contributed by atoms with van der Waals surface area (Å²) in [6, 6.07) is 12.8. The minimum absolute atomic E-state index is 0.0802. The molecule has 0 aliphatic heterocycles. The molecule has 0 saturated carbocycles. The number of para-hydroxylation sites is 1. The molecule has 0 spiro atoms. The fourth-order valence-corrected chi connectivity index (χ4v) is 2.19. The number of carboxylic acids is 1. The summed E-state index contributed by atoms with van der Waals surface area (Å²) in [5.74, 6) is -1.12. The molecule has 5 heteroatoms. The Kier molecular flexibility index (Phi) is 5.21. The smallest absolute Gasteiger partial charge is 0.348 e. The number of halogens is 1. The van der Waals surface area contributed by atoms with E-state index in [0.717, 1.165) is 5.56 Å². The van der Waals surface area contributed by atoms with Gasteiger partial charge in [0.15, 0.2) is 11.6 Å². The van der Waals surface area contributed by atoms with Crippen molar-refractivity contribution < 1.29 is 23.8 Å². The molecule has 122 valence electrons. The molecule has 0 amide bonds. The predicted molar refractivity (Wildman–Crippen MR) is 84.4 cm³/mol. The number of hydrogen-bond donors (Lipinski definition) is 1. The lowest BCUT2D eigenvalue weighted by Gasteiger charge is -2.26.